The molecule has 7 nitrogen and oxygen atoms in total. The summed E-state index contributed by atoms with van der Waals surface area (Å²) in [6.07, 6.45) is 3.35. The Hall–Kier alpha value is -1.10. The molecule has 0 aliphatic carbocycles. The molecule has 0 unspecified atom stereocenters. The van der Waals surface area contributed by atoms with Crippen molar-refractivity contribution in [2.75, 3.05) is 66.2 Å². The van der Waals surface area contributed by atoms with Crippen LogP contribution in [0.2, 0.25) is 0 Å². The van der Waals surface area contributed by atoms with Crippen molar-refractivity contribution in [3.63, 3.8) is 0 Å². The number of guanidine groups is 1. The van der Waals surface area contributed by atoms with Gasteiger partial charge in [0.1, 0.15) is 12.4 Å². The summed E-state index contributed by atoms with van der Waals surface area (Å²) >= 11 is 0. The number of halogens is 1. The van der Waals surface area contributed by atoms with Crippen LogP contribution in [0.1, 0.15) is 45.6 Å². The van der Waals surface area contributed by atoms with Crippen LogP contribution in [0.4, 0.5) is 0 Å². The van der Waals surface area contributed by atoms with Crippen molar-refractivity contribution in [3.05, 3.63) is 29.8 Å². The van der Waals surface area contributed by atoms with Crippen molar-refractivity contribution in [1.82, 2.24) is 15.1 Å². The maximum Gasteiger partial charge on any atom is 0.194 e. The summed E-state index contributed by atoms with van der Waals surface area (Å²) in [7, 11) is 1.73. The lowest BCUT2D eigenvalue weighted by atomic mass is 10.1. The molecule has 1 aromatic carbocycles. The predicted molar refractivity (Wildman–Crippen MR) is 147 cm³/mol. The first kappa shape index (κ1) is 29.9. The largest absolute Gasteiger partial charge is 0.492 e. The third-order valence-corrected chi connectivity index (χ3v) is 5.85. The molecule has 0 amide bonds. The Labute approximate surface area is 218 Å². The fourth-order valence-corrected chi connectivity index (χ4v) is 3.87. The zero-order chi connectivity index (χ0) is 23.0. The lowest BCUT2D eigenvalue weighted by Gasteiger charge is -2.34. The Bertz CT molecular complexity index is 650. The SMILES string of the molecule is CCNC(=NCc1ccccc1OCCN(CC)CC)N1CCC(OCCCOC)CC1.I. The monoisotopic (exact) mass is 576 g/mol. The van der Waals surface area contributed by atoms with Gasteiger partial charge >= 0.3 is 0 Å². The third-order valence-electron chi connectivity index (χ3n) is 5.85. The van der Waals surface area contributed by atoms with Crippen LogP contribution < -0.4 is 10.1 Å². The molecule has 1 aliphatic heterocycles. The number of para-hydroxylation sites is 1. The molecular weight excluding hydrogens is 531 g/mol. The maximum absolute atomic E-state index is 6.11. The van der Waals surface area contributed by atoms with Gasteiger partial charge in [-0.2, -0.15) is 0 Å². The van der Waals surface area contributed by atoms with Crippen LogP contribution in [0, 0.1) is 0 Å². The number of piperidine rings is 1. The van der Waals surface area contributed by atoms with E-state index in [1.807, 2.05) is 12.1 Å². The summed E-state index contributed by atoms with van der Waals surface area (Å²) < 4.78 is 17.2. The maximum atomic E-state index is 6.11. The van der Waals surface area contributed by atoms with E-state index in [-0.39, 0.29) is 24.0 Å². The predicted octanol–water partition coefficient (Wildman–Crippen LogP) is 4.01. The first-order valence-corrected chi connectivity index (χ1v) is 12.3. The van der Waals surface area contributed by atoms with Crippen LogP contribution in [0.25, 0.3) is 0 Å². The highest BCUT2D eigenvalue weighted by molar-refractivity contribution is 14.0. The summed E-state index contributed by atoms with van der Waals surface area (Å²) in [6, 6.07) is 8.25. The van der Waals surface area contributed by atoms with Crippen molar-refractivity contribution in [2.45, 2.75) is 52.7 Å². The molecule has 0 aromatic heterocycles. The van der Waals surface area contributed by atoms with Gasteiger partial charge in [-0.15, -0.1) is 24.0 Å². The quantitative estimate of drug-likeness (QED) is 0.156. The van der Waals surface area contributed by atoms with Gasteiger partial charge in [0.25, 0.3) is 0 Å². The third kappa shape index (κ3) is 11.2. The van der Waals surface area contributed by atoms with Gasteiger partial charge in [0.05, 0.1) is 12.6 Å². The number of aliphatic imine (C=N–C) groups is 1. The molecule has 1 saturated heterocycles. The zero-order valence-corrected chi connectivity index (χ0v) is 23.4. The molecule has 8 heteroatoms. The highest BCUT2D eigenvalue weighted by Gasteiger charge is 2.22. The van der Waals surface area contributed by atoms with Crippen LogP contribution in [-0.2, 0) is 16.0 Å². The first-order valence-electron chi connectivity index (χ1n) is 12.3. The molecule has 0 bridgehead atoms. The molecule has 0 radical (unpaired) electrons. The minimum absolute atomic E-state index is 0. The molecular formula is C25H45IN4O3. The van der Waals surface area contributed by atoms with Crippen LogP contribution >= 0.6 is 24.0 Å². The van der Waals surface area contributed by atoms with Crippen LogP contribution in [0.5, 0.6) is 5.75 Å². The van der Waals surface area contributed by atoms with Crippen molar-refractivity contribution in [2.24, 2.45) is 4.99 Å². The van der Waals surface area contributed by atoms with Gasteiger partial charge in [-0.25, -0.2) is 4.99 Å². The van der Waals surface area contributed by atoms with Crippen LogP contribution in [0.15, 0.2) is 29.3 Å². The standard InChI is InChI=1S/C25H44N4O3.HI/c1-5-26-25(29-15-13-23(14-16-29)31-19-10-18-30-4)27-21-22-11-8-9-12-24(22)32-20-17-28(6-2)7-3;/h8-9,11-12,23H,5-7,10,13-21H2,1-4H3,(H,26,27);1H. The van der Waals surface area contributed by atoms with Crippen LogP contribution in [-0.4, -0.2) is 88.1 Å². The van der Waals surface area contributed by atoms with Crippen molar-refractivity contribution >= 4 is 29.9 Å². The number of methoxy groups -OCH3 is 1. The van der Waals surface area contributed by atoms with E-state index in [1.54, 1.807) is 7.11 Å². The van der Waals surface area contributed by atoms with Crippen LogP contribution in [0.3, 0.4) is 0 Å². The normalized spacial score (nSPS) is 14.9. The summed E-state index contributed by atoms with van der Waals surface area (Å²) in [5, 5.41) is 3.46. The Balaban J connectivity index is 0.00000544. The Morgan fingerprint density at radius 2 is 1.82 bits per heavy atom. The Kier molecular flexibility index (Phi) is 16.6. The van der Waals surface area contributed by atoms with Crippen molar-refractivity contribution in [3.8, 4) is 5.75 Å². The number of likely N-dealkylation sites (N-methyl/N-ethyl adjacent to an activating group) is 1. The second-order valence-electron chi connectivity index (χ2n) is 8.06. The minimum Gasteiger partial charge on any atom is -0.492 e. The lowest BCUT2D eigenvalue weighted by Crippen LogP contribution is -2.47. The number of rotatable bonds is 14. The topological polar surface area (TPSA) is 58.6 Å². The van der Waals surface area contributed by atoms with Gasteiger partial charge in [-0.1, -0.05) is 32.0 Å². The minimum atomic E-state index is 0. The van der Waals surface area contributed by atoms with Gasteiger partial charge < -0.3 is 29.3 Å². The fourth-order valence-electron chi connectivity index (χ4n) is 3.87. The number of likely N-dealkylation sites (tertiary alicyclic amines) is 1. The lowest BCUT2D eigenvalue weighted by molar-refractivity contribution is 0.00990. The summed E-state index contributed by atoms with van der Waals surface area (Å²) in [5.41, 5.74) is 1.12. The van der Waals surface area contributed by atoms with E-state index in [0.29, 0.717) is 19.3 Å². The van der Waals surface area contributed by atoms with Gasteiger partial charge in [0.15, 0.2) is 5.96 Å². The molecule has 1 N–H and O–H groups in total. The average Bonchev–Trinajstić information content (AvgIpc) is 2.83. The number of hydrogen-bond donors (Lipinski definition) is 1. The number of benzene rings is 1. The van der Waals surface area contributed by atoms with E-state index >= 15 is 0 Å². The van der Waals surface area contributed by atoms with E-state index in [1.165, 1.54) is 0 Å². The van der Waals surface area contributed by atoms with Crippen molar-refractivity contribution in [1.29, 1.82) is 0 Å². The number of hydrogen-bond acceptors (Lipinski definition) is 5. The molecule has 0 atom stereocenters. The molecule has 1 aliphatic rings. The molecule has 190 valence electrons. The second-order valence-corrected chi connectivity index (χ2v) is 8.06. The highest BCUT2D eigenvalue weighted by atomic mass is 127. The van der Waals surface area contributed by atoms with Gasteiger partial charge in [-0.05, 0) is 45.3 Å². The molecule has 0 saturated carbocycles. The molecule has 2 rings (SSSR count). The van der Waals surface area contributed by atoms with Gasteiger partial charge in [0, 0.05) is 52.1 Å². The first-order chi connectivity index (χ1) is 15.7. The van der Waals surface area contributed by atoms with E-state index in [4.69, 9.17) is 19.2 Å². The van der Waals surface area contributed by atoms with Crippen molar-refractivity contribution < 1.29 is 14.2 Å². The number of nitrogens with zero attached hydrogens (tertiary/aromatic N) is 3. The Morgan fingerprint density at radius 1 is 1.09 bits per heavy atom. The summed E-state index contributed by atoms with van der Waals surface area (Å²) in [6.45, 7) is 15.1. The smallest absolute Gasteiger partial charge is 0.194 e. The fraction of sp³-hybridized carbons (Fsp3) is 0.720. The molecule has 1 aromatic rings. The van der Waals surface area contributed by atoms with Gasteiger partial charge in [0.2, 0.25) is 0 Å². The van der Waals surface area contributed by atoms with E-state index in [2.05, 4.69) is 48.0 Å². The molecule has 0 spiro atoms. The molecule has 1 heterocycles. The molecule has 1 fully saturated rings. The molecule has 33 heavy (non-hydrogen) atoms. The van der Waals surface area contributed by atoms with Gasteiger partial charge in [-0.3, -0.25) is 0 Å². The summed E-state index contributed by atoms with van der Waals surface area (Å²) in [4.78, 5) is 9.66. The van der Waals surface area contributed by atoms with E-state index in [0.717, 1.165) is 89.0 Å². The zero-order valence-electron chi connectivity index (χ0n) is 21.1. The second kappa shape index (κ2) is 18.3. The average molecular weight is 577 g/mol. The summed E-state index contributed by atoms with van der Waals surface area (Å²) in [5.74, 6) is 1.91. The number of ether oxygens (including phenoxy) is 3. The number of nitrogens with one attached hydrogen (secondary N) is 1. The Morgan fingerprint density at radius 3 is 2.48 bits per heavy atom. The van der Waals surface area contributed by atoms with E-state index < -0.39 is 0 Å². The highest BCUT2D eigenvalue weighted by Crippen LogP contribution is 2.20. The van der Waals surface area contributed by atoms with E-state index in [9.17, 15) is 0 Å².